The highest BCUT2D eigenvalue weighted by molar-refractivity contribution is 5.38. The van der Waals surface area contributed by atoms with Gasteiger partial charge in [-0.05, 0) is 60.2 Å². The van der Waals surface area contributed by atoms with E-state index in [2.05, 4.69) is 4.98 Å². The molecule has 0 bridgehead atoms. The number of hydrogen-bond acceptors (Lipinski definition) is 4. The van der Waals surface area contributed by atoms with Gasteiger partial charge >= 0.3 is 0 Å². The molecule has 2 aromatic rings. The Morgan fingerprint density at radius 1 is 1.33 bits per heavy atom. The van der Waals surface area contributed by atoms with Crippen molar-refractivity contribution in [3.8, 4) is 11.8 Å². The van der Waals surface area contributed by atoms with E-state index in [-0.39, 0.29) is 6.10 Å². The molecule has 1 aliphatic rings. The fraction of sp³-hybridized carbons (Fsp3) is 0.294. The highest BCUT2D eigenvalue weighted by Crippen LogP contribution is 2.32. The van der Waals surface area contributed by atoms with Gasteiger partial charge in [-0.1, -0.05) is 6.07 Å². The Morgan fingerprint density at radius 3 is 3.10 bits per heavy atom. The SMILES string of the molecule is N#Cc1cc(COc2ccc3c(c2)CCCC3O)ccn1. The van der Waals surface area contributed by atoms with Crippen molar-refractivity contribution in [3.63, 3.8) is 0 Å². The second-order valence-electron chi connectivity index (χ2n) is 5.22. The van der Waals surface area contributed by atoms with Crippen LogP contribution < -0.4 is 4.74 Å². The van der Waals surface area contributed by atoms with E-state index in [9.17, 15) is 5.11 Å². The second kappa shape index (κ2) is 5.94. The zero-order valence-electron chi connectivity index (χ0n) is 11.6. The molecule has 106 valence electrons. The molecular weight excluding hydrogens is 264 g/mol. The molecule has 21 heavy (non-hydrogen) atoms. The summed E-state index contributed by atoms with van der Waals surface area (Å²) in [7, 11) is 0. The van der Waals surface area contributed by atoms with Gasteiger partial charge in [0, 0.05) is 6.20 Å². The molecule has 1 aromatic heterocycles. The number of nitriles is 1. The van der Waals surface area contributed by atoms with Crippen molar-refractivity contribution in [2.75, 3.05) is 0 Å². The lowest BCUT2D eigenvalue weighted by Crippen LogP contribution is -2.09. The minimum atomic E-state index is -0.346. The summed E-state index contributed by atoms with van der Waals surface area (Å²) in [5.74, 6) is 0.790. The fourth-order valence-corrected chi connectivity index (χ4v) is 2.65. The summed E-state index contributed by atoms with van der Waals surface area (Å²) in [5, 5.41) is 18.8. The first-order valence-corrected chi connectivity index (χ1v) is 7.05. The molecule has 1 atom stereocenters. The van der Waals surface area contributed by atoms with Crippen LogP contribution in [-0.4, -0.2) is 10.1 Å². The van der Waals surface area contributed by atoms with Crippen molar-refractivity contribution >= 4 is 0 Å². The molecule has 4 heteroatoms. The minimum absolute atomic E-state index is 0.346. The van der Waals surface area contributed by atoms with Gasteiger partial charge in [0.15, 0.2) is 0 Å². The number of nitrogens with zero attached hydrogens (tertiary/aromatic N) is 2. The van der Waals surface area contributed by atoms with Gasteiger partial charge in [0.2, 0.25) is 0 Å². The van der Waals surface area contributed by atoms with E-state index < -0.39 is 0 Å². The normalized spacial score (nSPS) is 16.9. The van der Waals surface area contributed by atoms with Crippen LogP contribution in [0, 0.1) is 11.3 Å². The van der Waals surface area contributed by atoms with Crippen molar-refractivity contribution in [1.82, 2.24) is 4.98 Å². The number of rotatable bonds is 3. The van der Waals surface area contributed by atoms with Crippen molar-refractivity contribution in [3.05, 3.63) is 58.9 Å². The topological polar surface area (TPSA) is 66.1 Å². The first-order chi connectivity index (χ1) is 10.3. The average Bonchev–Trinajstić information content (AvgIpc) is 2.53. The molecule has 0 spiro atoms. The van der Waals surface area contributed by atoms with E-state index in [0.717, 1.165) is 36.1 Å². The van der Waals surface area contributed by atoms with Gasteiger partial charge in [-0.15, -0.1) is 0 Å². The third-order valence-electron chi connectivity index (χ3n) is 3.74. The van der Waals surface area contributed by atoms with E-state index >= 15 is 0 Å². The standard InChI is InChI=1S/C17H16N2O2/c18-10-14-8-12(6-7-19-14)11-21-15-4-5-16-13(9-15)2-1-3-17(16)20/h4-9,17,20H,1-3,11H2. The number of pyridine rings is 1. The Balaban J connectivity index is 1.72. The third-order valence-corrected chi connectivity index (χ3v) is 3.74. The predicted molar refractivity (Wildman–Crippen MR) is 77.6 cm³/mol. The van der Waals surface area contributed by atoms with E-state index in [1.165, 1.54) is 5.56 Å². The summed E-state index contributed by atoms with van der Waals surface area (Å²) < 4.78 is 5.77. The zero-order valence-corrected chi connectivity index (χ0v) is 11.6. The molecule has 0 fully saturated rings. The van der Waals surface area contributed by atoms with E-state index in [1.807, 2.05) is 30.3 Å². The molecule has 3 rings (SSSR count). The predicted octanol–water partition coefficient (Wildman–Crippen LogP) is 2.90. The maximum Gasteiger partial charge on any atom is 0.140 e. The molecule has 4 nitrogen and oxygen atoms in total. The first-order valence-electron chi connectivity index (χ1n) is 7.05. The molecule has 0 saturated heterocycles. The van der Waals surface area contributed by atoms with Crippen LogP contribution in [0.25, 0.3) is 0 Å². The Morgan fingerprint density at radius 2 is 2.24 bits per heavy atom. The van der Waals surface area contributed by atoms with Gasteiger partial charge in [0.05, 0.1) is 6.10 Å². The van der Waals surface area contributed by atoms with Gasteiger partial charge in [-0.25, -0.2) is 4.98 Å². The highest BCUT2D eigenvalue weighted by Gasteiger charge is 2.18. The number of ether oxygens (including phenoxy) is 1. The number of aryl methyl sites for hydroxylation is 1. The molecular formula is C17H16N2O2. The molecule has 1 aromatic carbocycles. The van der Waals surface area contributed by atoms with Crippen molar-refractivity contribution in [2.24, 2.45) is 0 Å². The van der Waals surface area contributed by atoms with Gasteiger partial charge < -0.3 is 9.84 Å². The molecule has 0 aliphatic heterocycles. The van der Waals surface area contributed by atoms with Crippen molar-refractivity contribution in [2.45, 2.75) is 32.0 Å². The minimum Gasteiger partial charge on any atom is -0.489 e. The summed E-state index contributed by atoms with van der Waals surface area (Å²) >= 11 is 0. The highest BCUT2D eigenvalue weighted by atomic mass is 16.5. The van der Waals surface area contributed by atoms with Crippen LogP contribution in [0.15, 0.2) is 36.5 Å². The van der Waals surface area contributed by atoms with Crippen LogP contribution in [0.1, 0.15) is 41.3 Å². The largest absolute Gasteiger partial charge is 0.489 e. The molecule has 0 amide bonds. The first kappa shape index (κ1) is 13.6. The van der Waals surface area contributed by atoms with Crippen LogP contribution in [-0.2, 0) is 13.0 Å². The lowest BCUT2D eigenvalue weighted by atomic mass is 9.89. The molecule has 1 N–H and O–H groups in total. The van der Waals surface area contributed by atoms with Gasteiger partial charge in [-0.3, -0.25) is 0 Å². The lowest BCUT2D eigenvalue weighted by molar-refractivity contribution is 0.156. The molecule has 1 unspecified atom stereocenters. The second-order valence-corrected chi connectivity index (χ2v) is 5.22. The maximum absolute atomic E-state index is 9.94. The summed E-state index contributed by atoms with van der Waals surface area (Å²) in [6.07, 6.45) is 4.09. The van der Waals surface area contributed by atoms with Gasteiger partial charge in [0.1, 0.15) is 24.1 Å². The molecule has 1 aliphatic carbocycles. The summed E-state index contributed by atoms with van der Waals surface area (Å²) in [4.78, 5) is 3.93. The number of aliphatic hydroxyl groups excluding tert-OH is 1. The van der Waals surface area contributed by atoms with Crippen molar-refractivity contribution in [1.29, 1.82) is 5.26 Å². The number of aromatic nitrogens is 1. The summed E-state index contributed by atoms with van der Waals surface area (Å²) in [6.45, 7) is 0.401. The number of fused-ring (bicyclic) bond motifs is 1. The van der Waals surface area contributed by atoms with Gasteiger partial charge in [0.25, 0.3) is 0 Å². The van der Waals surface area contributed by atoms with Crippen LogP contribution in [0.5, 0.6) is 5.75 Å². The zero-order chi connectivity index (χ0) is 14.7. The summed E-state index contributed by atoms with van der Waals surface area (Å²) in [5.41, 5.74) is 3.49. The molecule has 1 heterocycles. The lowest BCUT2D eigenvalue weighted by Gasteiger charge is -2.21. The van der Waals surface area contributed by atoms with Crippen LogP contribution in [0.2, 0.25) is 0 Å². The van der Waals surface area contributed by atoms with Crippen LogP contribution in [0.4, 0.5) is 0 Å². The van der Waals surface area contributed by atoms with Gasteiger partial charge in [-0.2, -0.15) is 5.26 Å². The molecule has 0 radical (unpaired) electrons. The Labute approximate surface area is 123 Å². The number of aliphatic hydroxyl groups is 1. The Hall–Kier alpha value is -2.38. The quantitative estimate of drug-likeness (QED) is 0.938. The number of hydrogen-bond donors (Lipinski definition) is 1. The Bertz CT molecular complexity index is 691. The van der Waals surface area contributed by atoms with Crippen molar-refractivity contribution < 1.29 is 9.84 Å². The summed E-state index contributed by atoms with van der Waals surface area (Å²) in [6, 6.07) is 11.4. The van der Waals surface area contributed by atoms with Crippen LogP contribution >= 0.6 is 0 Å². The Kier molecular flexibility index (Phi) is 3.85. The average molecular weight is 280 g/mol. The van der Waals surface area contributed by atoms with E-state index in [1.54, 1.807) is 12.3 Å². The smallest absolute Gasteiger partial charge is 0.140 e. The number of benzene rings is 1. The van der Waals surface area contributed by atoms with Crippen LogP contribution in [0.3, 0.4) is 0 Å². The third kappa shape index (κ3) is 3.04. The monoisotopic (exact) mass is 280 g/mol. The maximum atomic E-state index is 9.94. The van der Waals surface area contributed by atoms with E-state index in [4.69, 9.17) is 10.00 Å². The molecule has 0 saturated carbocycles. The van der Waals surface area contributed by atoms with E-state index in [0.29, 0.717) is 12.3 Å². The fourth-order valence-electron chi connectivity index (χ4n) is 2.65.